The first-order valence-electron chi connectivity index (χ1n) is 6.28. The first-order valence-corrected chi connectivity index (χ1v) is 6.66. The van der Waals surface area contributed by atoms with Crippen LogP contribution in [0, 0.1) is 0 Å². The largest absolute Gasteiger partial charge is 0.399 e. The third kappa shape index (κ3) is 4.74. The van der Waals surface area contributed by atoms with Crippen LogP contribution in [0.15, 0.2) is 18.2 Å². The Kier molecular flexibility index (Phi) is 5.00. The highest BCUT2D eigenvalue weighted by atomic mass is 35.5. The van der Waals surface area contributed by atoms with Crippen LogP contribution in [0.5, 0.6) is 0 Å². The van der Waals surface area contributed by atoms with E-state index in [-0.39, 0.29) is 22.0 Å². The maximum atomic E-state index is 12.0. The molecule has 0 radical (unpaired) electrons. The van der Waals surface area contributed by atoms with Crippen LogP contribution >= 0.6 is 11.6 Å². The van der Waals surface area contributed by atoms with Crippen LogP contribution in [0.4, 0.5) is 5.69 Å². The van der Waals surface area contributed by atoms with E-state index in [0.717, 1.165) is 0 Å². The molecule has 0 aromatic heterocycles. The molecule has 20 heavy (non-hydrogen) atoms. The number of carbonyl (C=O) groups is 2. The van der Waals surface area contributed by atoms with E-state index in [9.17, 15) is 9.59 Å². The number of anilines is 1. The standard InChI is InChI=1S/C14H20ClN3O2/c1-8(12(19)18-14(2,3)4)17-13(20)10-6-5-9(16)7-11(10)15/h5-8H,16H2,1-4H3,(H,17,20)(H,18,19). The van der Waals surface area contributed by atoms with Crippen LogP contribution in [0.25, 0.3) is 0 Å². The zero-order chi connectivity index (χ0) is 15.5. The number of halogens is 1. The molecular weight excluding hydrogens is 278 g/mol. The Morgan fingerprint density at radius 1 is 1.30 bits per heavy atom. The molecule has 0 heterocycles. The molecule has 0 saturated heterocycles. The lowest BCUT2D eigenvalue weighted by molar-refractivity contribution is -0.124. The quantitative estimate of drug-likeness (QED) is 0.746. The summed E-state index contributed by atoms with van der Waals surface area (Å²) < 4.78 is 0. The Labute approximate surface area is 123 Å². The molecule has 0 saturated carbocycles. The van der Waals surface area contributed by atoms with Crippen LogP contribution in [-0.2, 0) is 4.79 Å². The first kappa shape index (κ1) is 16.3. The highest BCUT2D eigenvalue weighted by molar-refractivity contribution is 6.34. The number of carbonyl (C=O) groups excluding carboxylic acids is 2. The van der Waals surface area contributed by atoms with Gasteiger partial charge in [0, 0.05) is 11.2 Å². The van der Waals surface area contributed by atoms with Gasteiger partial charge in [0.25, 0.3) is 5.91 Å². The lowest BCUT2D eigenvalue weighted by Crippen LogP contribution is -2.50. The molecule has 4 N–H and O–H groups in total. The van der Waals surface area contributed by atoms with Gasteiger partial charge in [-0.05, 0) is 45.9 Å². The number of nitrogens with two attached hydrogens (primary N) is 1. The highest BCUT2D eigenvalue weighted by Crippen LogP contribution is 2.19. The molecule has 1 atom stereocenters. The molecule has 1 unspecified atom stereocenters. The minimum atomic E-state index is -0.657. The summed E-state index contributed by atoms with van der Waals surface area (Å²) in [4.78, 5) is 23.9. The first-order chi connectivity index (χ1) is 9.10. The summed E-state index contributed by atoms with van der Waals surface area (Å²) in [6.07, 6.45) is 0. The molecule has 6 heteroatoms. The van der Waals surface area contributed by atoms with Crippen molar-refractivity contribution < 1.29 is 9.59 Å². The fourth-order valence-electron chi connectivity index (χ4n) is 1.53. The monoisotopic (exact) mass is 297 g/mol. The van der Waals surface area contributed by atoms with Gasteiger partial charge in [0.2, 0.25) is 5.91 Å². The van der Waals surface area contributed by atoms with E-state index in [1.807, 2.05) is 20.8 Å². The molecule has 0 aliphatic rings. The summed E-state index contributed by atoms with van der Waals surface area (Å²) in [6, 6.07) is 3.95. The van der Waals surface area contributed by atoms with Crippen molar-refractivity contribution in [1.82, 2.24) is 10.6 Å². The van der Waals surface area contributed by atoms with E-state index < -0.39 is 11.9 Å². The zero-order valence-electron chi connectivity index (χ0n) is 12.1. The van der Waals surface area contributed by atoms with Crippen LogP contribution in [-0.4, -0.2) is 23.4 Å². The van der Waals surface area contributed by atoms with Crippen LogP contribution in [0.1, 0.15) is 38.1 Å². The summed E-state index contributed by atoms with van der Waals surface area (Å²) in [5, 5.41) is 5.65. The maximum Gasteiger partial charge on any atom is 0.253 e. The fourth-order valence-corrected chi connectivity index (χ4v) is 1.81. The molecule has 110 valence electrons. The summed E-state index contributed by atoms with van der Waals surface area (Å²) >= 11 is 5.95. The second kappa shape index (κ2) is 6.13. The molecule has 1 rings (SSSR count). The van der Waals surface area contributed by atoms with E-state index in [2.05, 4.69) is 10.6 Å². The van der Waals surface area contributed by atoms with Gasteiger partial charge in [-0.15, -0.1) is 0 Å². The van der Waals surface area contributed by atoms with E-state index in [0.29, 0.717) is 5.69 Å². The number of benzene rings is 1. The van der Waals surface area contributed by atoms with Gasteiger partial charge in [0.05, 0.1) is 10.6 Å². The molecule has 2 amide bonds. The lowest BCUT2D eigenvalue weighted by atomic mass is 10.1. The van der Waals surface area contributed by atoms with Crippen molar-refractivity contribution in [3.05, 3.63) is 28.8 Å². The van der Waals surface area contributed by atoms with Crippen molar-refractivity contribution in [2.75, 3.05) is 5.73 Å². The minimum absolute atomic E-state index is 0.252. The van der Waals surface area contributed by atoms with E-state index in [1.54, 1.807) is 13.0 Å². The van der Waals surface area contributed by atoms with Crippen molar-refractivity contribution in [3.8, 4) is 0 Å². The average molecular weight is 298 g/mol. The lowest BCUT2D eigenvalue weighted by Gasteiger charge is -2.23. The SMILES string of the molecule is CC(NC(=O)c1ccc(N)cc1Cl)C(=O)NC(C)(C)C. The van der Waals surface area contributed by atoms with E-state index in [4.69, 9.17) is 17.3 Å². The third-order valence-electron chi connectivity index (χ3n) is 2.48. The number of amides is 2. The van der Waals surface area contributed by atoms with Crippen molar-refractivity contribution in [1.29, 1.82) is 0 Å². The third-order valence-corrected chi connectivity index (χ3v) is 2.79. The molecular formula is C14H20ClN3O2. The molecule has 1 aromatic carbocycles. The predicted octanol–water partition coefficient (Wildman–Crippen LogP) is 1.96. The van der Waals surface area contributed by atoms with Crippen molar-refractivity contribution in [3.63, 3.8) is 0 Å². The maximum absolute atomic E-state index is 12.0. The number of hydrogen-bond acceptors (Lipinski definition) is 3. The van der Waals surface area contributed by atoms with Crippen molar-refractivity contribution >= 4 is 29.1 Å². The average Bonchev–Trinajstić information content (AvgIpc) is 2.26. The van der Waals surface area contributed by atoms with Gasteiger partial charge in [-0.1, -0.05) is 11.6 Å². The predicted molar refractivity (Wildman–Crippen MR) is 80.7 cm³/mol. The molecule has 0 aliphatic carbocycles. The van der Waals surface area contributed by atoms with Crippen molar-refractivity contribution in [2.24, 2.45) is 0 Å². The number of nitrogens with one attached hydrogen (secondary N) is 2. The smallest absolute Gasteiger partial charge is 0.253 e. The summed E-state index contributed by atoms with van der Waals surface area (Å²) in [7, 11) is 0. The summed E-state index contributed by atoms with van der Waals surface area (Å²) in [5.41, 5.74) is 5.98. The topological polar surface area (TPSA) is 84.2 Å². The highest BCUT2D eigenvalue weighted by Gasteiger charge is 2.21. The second-order valence-electron chi connectivity index (χ2n) is 5.67. The molecule has 0 spiro atoms. The molecule has 0 aliphatic heterocycles. The Morgan fingerprint density at radius 2 is 1.90 bits per heavy atom. The van der Waals surface area contributed by atoms with Crippen molar-refractivity contribution in [2.45, 2.75) is 39.3 Å². The van der Waals surface area contributed by atoms with Gasteiger partial charge in [-0.3, -0.25) is 9.59 Å². The van der Waals surface area contributed by atoms with Gasteiger partial charge in [0.1, 0.15) is 6.04 Å². The molecule has 5 nitrogen and oxygen atoms in total. The number of rotatable bonds is 3. The van der Waals surface area contributed by atoms with Gasteiger partial charge in [-0.2, -0.15) is 0 Å². The van der Waals surface area contributed by atoms with Crippen LogP contribution in [0.2, 0.25) is 5.02 Å². The number of hydrogen-bond donors (Lipinski definition) is 3. The Bertz CT molecular complexity index is 524. The van der Waals surface area contributed by atoms with Crippen LogP contribution in [0.3, 0.4) is 0 Å². The summed E-state index contributed by atoms with van der Waals surface area (Å²) in [5.74, 6) is -0.663. The van der Waals surface area contributed by atoms with Gasteiger partial charge >= 0.3 is 0 Å². The normalized spacial score (nSPS) is 12.7. The van der Waals surface area contributed by atoms with Gasteiger partial charge in [-0.25, -0.2) is 0 Å². The van der Waals surface area contributed by atoms with Gasteiger partial charge < -0.3 is 16.4 Å². The fraction of sp³-hybridized carbons (Fsp3) is 0.429. The van der Waals surface area contributed by atoms with E-state index >= 15 is 0 Å². The Morgan fingerprint density at radius 3 is 2.40 bits per heavy atom. The molecule has 1 aromatic rings. The zero-order valence-corrected chi connectivity index (χ0v) is 12.8. The summed E-state index contributed by atoms with van der Waals surface area (Å²) in [6.45, 7) is 7.23. The van der Waals surface area contributed by atoms with Crippen LogP contribution < -0.4 is 16.4 Å². The molecule has 0 fully saturated rings. The molecule has 0 bridgehead atoms. The minimum Gasteiger partial charge on any atom is -0.399 e. The van der Waals surface area contributed by atoms with E-state index in [1.165, 1.54) is 12.1 Å². The Hall–Kier alpha value is -1.75. The van der Waals surface area contributed by atoms with Gasteiger partial charge in [0.15, 0.2) is 0 Å². The Balaban J connectivity index is 2.73. The second-order valence-corrected chi connectivity index (χ2v) is 6.08. The number of nitrogen functional groups attached to an aromatic ring is 1.